The van der Waals surface area contributed by atoms with E-state index in [2.05, 4.69) is 10.3 Å². The zero-order valence-electron chi connectivity index (χ0n) is 11.0. The van der Waals surface area contributed by atoms with Crippen LogP contribution < -0.4 is 10.1 Å². The fourth-order valence-corrected chi connectivity index (χ4v) is 1.89. The highest BCUT2D eigenvalue weighted by Gasteiger charge is 2.16. The largest absolute Gasteiger partial charge is 0.496 e. The molecule has 0 aliphatic rings. The van der Waals surface area contributed by atoms with Gasteiger partial charge in [0.2, 0.25) is 0 Å². The number of carbonyl (C=O) groups excluding carboxylic acids is 1. The van der Waals surface area contributed by atoms with Crippen molar-refractivity contribution in [1.29, 1.82) is 0 Å². The van der Waals surface area contributed by atoms with Gasteiger partial charge in [0.15, 0.2) is 0 Å². The third kappa shape index (κ3) is 3.29. The second kappa shape index (κ2) is 6.23. The lowest BCUT2D eigenvalue weighted by molar-refractivity contribution is 0.0693. The fourth-order valence-electron chi connectivity index (χ4n) is 1.68. The third-order valence-corrected chi connectivity index (χ3v) is 3.02. The van der Waals surface area contributed by atoms with Crippen LogP contribution in [-0.4, -0.2) is 29.1 Å². The Balaban J connectivity index is 2.33. The van der Waals surface area contributed by atoms with Crippen molar-refractivity contribution in [1.82, 2.24) is 4.98 Å². The molecule has 0 aliphatic heterocycles. The number of carboxylic acids is 1. The SMILES string of the molecule is COc1cc(NC(=O)c2ccncc2)c(Cl)cc1C(=O)O. The number of hydrogen-bond acceptors (Lipinski definition) is 4. The molecule has 1 aromatic carbocycles. The molecule has 108 valence electrons. The van der Waals surface area contributed by atoms with E-state index in [-0.39, 0.29) is 27.9 Å². The third-order valence-electron chi connectivity index (χ3n) is 2.71. The lowest BCUT2D eigenvalue weighted by Crippen LogP contribution is -2.13. The van der Waals surface area contributed by atoms with Crippen molar-refractivity contribution in [3.05, 3.63) is 52.8 Å². The van der Waals surface area contributed by atoms with Gasteiger partial charge in [-0.05, 0) is 18.2 Å². The monoisotopic (exact) mass is 306 g/mol. The van der Waals surface area contributed by atoms with Crippen LogP contribution >= 0.6 is 11.6 Å². The van der Waals surface area contributed by atoms with E-state index in [1.54, 1.807) is 12.1 Å². The molecule has 0 saturated carbocycles. The standard InChI is InChI=1S/C14H11ClN2O4/c1-21-12-7-11(10(15)6-9(12)14(19)20)17-13(18)8-2-4-16-5-3-8/h2-7H,1H3,(H,17,18)(H,19,20). The van der Waals surface area contributed by atoms with Gasteiger partial charge in [-0.15, -0.1) is 0 Å². The molecule has 2 N–H and O–H groups in total. The summed E-state index contributed by atoms with van der Waals surface area (Å²) in [4.78, 5) is 26.9. The summed E-state index contributed by atoms with van der Waals surface area (Å²) < 4.78 is 4.99. The minimum Gasteiger partial charge on any atom is -0.496 e. The predicted molar refractivity (Wildman–Crippen MR) is 77.2 cm³/mol. The topological polar surface area (TPSA) is 88.5 Å². The van der Waals surface area contributed by atoms with Crippen molar-refractivity contribution in [2.45, 2.75) is 0 Å². The maximum Gasteiger partial charge on any atom is 0.339 e. The Kier molecular flexibility index (Phi) is 4.39. The first kappa shape index (κ1) is 14.8. The summed E-state index contributed by atoms with van der Waals surface area (Å²) in [5.74, 6) is -1.44. The van der Waals surface area contributed by atoms with Crippen LogP contribution in [0.3, 0.4) is 0 Å². The minimum absolute atomic E-state index is 0.0792. The molecule has 0 fully saturated rings. The number of anilines is 1. The van der Waals surface area contributed by atoms with E-state index in [1.807, 2.05) is 0 Å². The zero-order chi connectivity index (χ0) is 15.4. The molecule has 2 rings (SSSR count). The number of aromatic carboxylic acids is 1. The first-order chi connectivity index (χ1) is 10.0. The number of hydrogen-bond donors (Lipinski definition) is 2. The summed E-state index contributed by atoms with van der Waals surface area (Å²) in [6.45, 7) is 0. The highest BCUT2D eigenvalue weighted by Crippen LogP contribution is 2.31. The molecule has 0 unspecified atom stereocenters. The summed E-state index contributed by atoms with van der Waals surface area (Å²) in [5, 5.41) is 11.7. The molecule has 0 bridgehead atoms. The molecule has 21 heavy (non-hydrogen) atoms. The zero-order valence-corrected chi connectivity index (χ0v) is 11.7. The van der Waals surface area contributed by atoms with E-state index in [4.69, 9.17) is 21.4 Å². The minimum atomic E-state index is -1.17. The summed E-state index contributed by atoms with van der Waals surface area (Å²) in [5.41, 5.74) is 0.590. The van der Waals surface area contributed by atoms with Crippen LogP contribution in [0.4, 0.5) is 5.69 Å². The van der Waals surface area contributed by atoms with Gasteiger partial charge in [0.1, 0.15) is 11.3 Å². The highest BCUT2D eigenvalue weighted by atomic mass is 35.5. The van der Waals surface area contributed by atoms with Gasteiger partial charge in [0.05, 0.1) is 17.8 Å². The number of carbonyl (C=O) groups is 2. The van der Waals surface area contributed by atoms with Crippen LogP contribution in [0.25, 0.3) is 0 Å². The molecule has 1 aromatic heterocycles. The Morgan fingerprint density at radius 3 is 2.52 bits per heavy atom. The number of amides is 1. The van der Waals surface area contributed by atoms with E-state index >= 15 is 0 Å². The highest BCUT2D eigenvalue weighted by molar-refractivity contribution is 6.34. The second-order valence-corrected chi connectivity index (χ2v) is 4.43. The van der Waals surface area contributed by atoms with E-state index in [0.717, 1.165) is 0 Å². The summed E-state index contributed by atoms with van der Waals surface area (Å²) in [6.07, 6.45) is 2.98. The van der Waals surface area contributed by atoms with Crippen molar-refractivity contribution >= 4 is 29.2 Å². The van der Waals surface area contributed by atoms with Gasteiger partial charge in [-0.2, -0.15) is 0 Å². The van der Waals surface area contributed by atoms with Gasteiger partial charge >= 0.3 is 5.97 Å². The number of rotatable bonds is 4. The molecular formula is C14H11ClN2O4. The molecule has 0 spiro atoms. The average molecular weight is 307 g/mol. The van der Waals surface area contributed by atoms with Crippen molar-refractivity contribution < 1.29 is 19.4 Å². The van der Waals surface area contributed by atoms with Crippen LogP contribution in [-0.2, 0) is 0 Å². The lowest BCUT2D eigenvalue weighted by Gasteiger charge is -2.11. The van der Waals surface area contributed by atoms with Crippen LogP contribution in [0.1, 0.15) is 20.7 Å². The van der Waals surface area contributed by atoms with Crippen LogP contribution in [0.2, 0.25) is 5.02 Å². The second-order valence-electron chi connectivity index (χ2n) is 4.03. The normalized spacial score (nSPS) is 10.0. The number of methoxy groups -OCH3 is 1. The number of pyridine rings is 1. The first-order valence-electron chi connectivity index (χ1n) is 5.85. The van der Waals surface area contributed by atoms with Crippen molar-refractivity contribution in [3.8, 4) is 5.75 Å². The maximum atomic E-state index is 12.0. The first-order valence-corrected chi connectivity index (χ1v) is 6.23. The van der Waals surface area contributed by atoms with E-state index in [0.29, 0.717) is 5.56 Å². The number of nitrogens with one attached hydrogen (secondary N) is 1. The van der Waals surface area contributed by atoms with E-state index in [1.165, 1.54) is 31.6 Å². The maximum absolute atomic E-state index is 12.0. The van der Waals surface area contributed by atoms with Crippen LogP contribution in [0, 0.1) is 0 Å². The molecule has 2 aromatic rings. The van der Waals surface area contributed by atoms with Crippen molar-refractivity contribution in [3.63, 3.8) is 0 Å². The molecule has 0 atom stereocenters. The molecule has 6 nitrogen and oxygen atoms in total. The summed E-state index contributed by atoms with van der Waals surface area (Å²) in [6, 6.07) is 5.69. The molecule has 0 aliphatic carbocycles. The predicted octanol–water partition coefficient (Wildman–Crippen LogP) is 2.69. The smallest absolute Gasteiger partial charge is 0.339 e. The summed E-state index contributed by atoms with van der Waals surface area (Å²) in [7, 11) is 1.34. The Hall–Kier alpha value is -2.60. The van der Waals surface area contributed by atoms with Crippen LogP contribution in [0.5, 0.6) is 5.75 Å². The molecular weight excluding hydrogens is 296 g/mol. The number of nitrogens with zero attached hydrogens (tertiary/aromatic N) is 1. The number of ether oxygens (including phenoxy) is 1. The molecule has 0 saturated heterocycles. The number of halogens is 1. The molecule has 0 radical (unpaired) electrons. The quantitative estimate of drug-likeness (QED) is 0.906. The van der Waals surface area contributed by atoms with Gasteiger partial charge < -0.3 is 15.2 Å². The Labute approximate surface area is 125 Å². The Bertz CT molecular complexity index is 689. The van der Waals surface area contributed by atoms with Gasteiger partial charge in [-0.1, -0.05) is 11.6 Å². The lowest BCUT2D eigenvalue weighted by atomic mass is 10.1. The van der Waals surface area contributed by atoms with Gasteiger partial charge in [0.25, 0.3) is 5.91 Å². The van der Waals surface area contributed by atoms with E-state index < -0.39 is 5.97 Å². The fraction of sp³-hybridized carbons (Fsp3) is 0.0714. The number of benzene rings is 1. The Morgan fingerprint density at radius 2 is 1.95 bits per heavy atom. The van der Waals surface area contributed by atoms with Gasteiger partial charge in [0, 0.05) is 24.0 Å². The summed E-state index contributed by atoms with van der Waals surface area (Å²) >= 11 is 5.99. The van der Waals surface area contributed by atoms with E-state index in [9.17, 15) is 9.59 Å². The molecule has 7 heteroatoms. The molecule has 1 amide bonds. The Morgan fingerprint density at radius 1 is 1.29 bits per heavy atom. The number of aromatic nitrogens is 1. The van der Waals surface area contributed by atoms with Crippen molar-refractivity contribution in [2.24, 2.45) is 0 Å². The molecule has 1 heterocycles. The van der Waals surface area contributed by atoms with Gasteiger partial charge in [-0.25, -0.2) is 4.79 Å². The van der Waals surface area contributed by atoms with Crippen LogP contribution in [0.15, 0.2) is 36.7 Å². The van der Waals surface area contributed by atoms with Crippen molar-refractivity contribution in [2.75, 3.05) is 12.4 Å². The number of carboxylic acid groups (broad SMARTS) is 1. The van der Waals surface area contributed by atoms with Gasteiger partial charge in [-0.3, -0.25) is 9.78 Å². The average Bonchev–Trinajstić information content (AvgIpc) is 2.49.